The van der Waals surface area contributed by atoms with Crippen LogP contribution in [0.1, 0.15) is 38.8 Å². The summed E-state index contributed by atoms with van der Waals surface area (Å²) in [6.07, 6.45) is 0. The van der Waals surface area contributed by atoms with Gasteiger partial charge in [0.2, 0.25) is 0 Å². The number of aromatic nitrogens is 3. The van der Waals surface area contributed by atoms with Gasteiger partial charge in [-0.15, -0.1) is 0 Å². The number of hydrogen-bond acceptors (Lipinski definition) is 3. The zero-order valence-electron chi connectivity index (χ0n) is 27.6. The molecule has 1 aliphatic rings. The van der Waals surface area contributed by atoms with Crippen molar-refractivity contribution in [3.8, 4) is 45.3 Å². The molecule has 9 rings (SSSR count). The molecule has 3 nitrogen and oxygen atoms in total. The molecule has 0 saturated carbocycles. The Kier molecular flexibility index (Phi) is 6.20. The molecule has 1 aromatic heterocycles. The molecular formula is C45H35N3. The molecule has 230 valence electrons. The summed E-state index contributed by atoms with van der Waals surface area (Å²) < 4.78 is 0. The Labute approximate surface area is 281 Å². The molecule has 0 saturated heterocycles. The minimum Gasteiger partial charge on any atom is -0.208 e. The highest BCUT2D eigenvalue weighted by Crippen LogP contribution is 2.55. The molecule has 3 heteroatoms. The van der Waals surface area contributed by atoms with Gasteiger partial charge in [0.1, 0.15) is 0 Å². The molecule has 0 fully saturated rings. The zero-order valence-corrected chi connectivity index (χ0v) is 27.6. The van der Waals surface area contributed by atoms with Crippen molar-refractivity contribution in [3.05, 3.63) is 151 Å². The van der Waals surface area contributed by atoms with E-state index in [0.717, 1.165) is 27.5 Å². The Morgan fingerprint density at radius 2 is 0.979 bits per heavy atom. The lowest BCUT2D eigenvalue weighted by Gasteiger charge is -2.48. The molecular weight excluding hydrogens is 583 g/mol. The average molecular weight is 618 g/mol. The summed E-state index contributed by atoms with van der Waals surface area (Å²) in [5.41, 5.74) is 8.37. The van der Waals surface area contributed by atoms with Crippen LogP contribution in [0.25, 0.3) is 77.6 Å². The Hall–Kier alpha value is -5.67. The molecule has 0 bridgehead atoms. The van der Waals surface area contributed by atoms with Gasteiger partial charge in [0.25, 0.3) is 0 Å². The minimum atomic E-state index is -0.0421. The second-order valence-electron chi connectivity index (χ2n) is 14.1. The molecule has 1 aliphatic carbocycles. The summed E-state index contributed by atoms with van der Waals surface area (Å²) >= 11 is 0. The lowest BCUT2D eigenvalue weighted by molar-refractivity contribution is 0.299. The quantitative estimate of drug-likeness (QED) is 0.185. The van der Waals surface area contributed by atoms with E-state index in [9.17, 15) is 0 Å². The van der Waals surface area contributed by atoms with Crippen molar-refractivity contribution in [1.29, 1.82) is 0 Å². The Morgan fingerprint density at radius 3 is 1.81 bits per heavy atom. The monoisotopic (exact) mass is 617 g/mol. The smallest absolute Gasteiger partial charge is 0.164 e. The number of rotatable bonds is 3. The fourth-order valence-electron chi connectivity index (χ4n) is 7.77. The lowest BCUT2D eigenvalue weighted by Crippen LogP contribution is -2.43. The van der Waals surface area contributed by atoms with Gasteiger partial charge in [0.05, 0.1) is 0 Å². The van der Waals surface area contributed by atoms with E-state index < -0.39 is 0 Å². The summed E-state index contributed by atoms with van der Waals surface area (Å²) in [5.74, 6) is 2.00. The second-order valence-corrected chi connectivity index (χ2v) is 14.1. The van der Waals surface area contributed by atoms with E-state index in [2.05, 4.69) is 149 Å². The SMILES string of the molecule is CC1(C)c2ccccc2-c2c(ccc3c2ccc2c(-c4nc(-c5ccccc5)nc(-c5ccc6ccccc6c5)n4)cccc23)C1(C)C. The predicted molar refractivity (Wildman–Crippen MR) is 200 cm³/mol. The van der Waals surface area contributed by atoms with Gasteiger partial charge in [-0.1, -0.05) is 161 Å². The van der Waals surface area contributed by atoms with E-state index in [4.69, 9.17) is 15.0 Å². The third kappa shape index (κ3) is 4.17. The van der Waals surface area contributed by atoms with Gasteiger partial charge in [-0.3, -0.25) is 0 Å². The Bertz CT molecular complexity index is 2560. The predicted octanol–water partition coefficient (Wildman–Crippen LogP) is 11.6. The largest absolute Gasteiger partial charge is 0.208 e. The molecule has 8 aromatic rings. The van der Waals surface area contributed by atoms with Crippen LogP contribution in [0.4, 0.5) is 0 Å². The van der Waals surface area contributed by atoms with Gasteiger partial charge in [-0.25, -0.2) is 15.0 Å². The summed E-state index contributed by atoms with van der Waals surface area (Å²) in [7, 11) is 0. The van der Waals surface area contributed by atoms with E-state index >= 15 is 0 Å². The first-order chi connectivity index (χ1) is 23.3. The number of benzene rings is 7. The topological polar surface area (TPSA) is 38.7 Å². The highest BCUT2D eigenvalue weighted by molar-refractivity contribution is 6.16. The van der Waals surface area contributed by atoms with Crippen molar-refractivity contribution >= 4 is 32.3 Å². The van der Waals surface area contributed by atoms with Gasteiger partial charge in [0.15, 0.2) is 17.5 Å². The average Bonchev–Trinajstić information content (AvgIpc) is 3.13. The Morgan fingerprint density at radius 1 is 0.375 bits per heavy atom. The number of hydrogen-bond donors (Lipinski definition) is 0. The van der Waals surface area contributed by atoms with Crippen molar-refractivity contribution < 1.29 is 0 Å². The first kappa shape index (κ1) is 28.5. The molecule has 0 radical (unpaired) electrons. The van der Waals surface area contributed by atoms with Crippen molar-refractivity contribution in [1.82, 2.24) is 15.0 Å². The zero-order chi connectivity index (χ0) is 32.6. The highest BCUT2D eigenvalue weighted by atomic mass is 15.0. The van der Waals surface area contributed by atoms with Crippen LogP contribution >= 0.6 is 0 Å². The number of fused-ring (bicyclic) bond motifs is 8. The van der Waals surface area contributed by atoms with Crippen LogP contribution in [0.3, 0.4) is 0 Å². The van der Waals surface area contributed by atoms with Crippen LogP contribution in [0.5, 0.6) is 0 Å². The van der Waals surface area contributed by atoms with E-state index in [1.54, 1.807) is 0 Å². The standard InChI is InChI=1S/C45H35N3/c1-44(2)38-20-11-10-17-37(38)40-35-24-23-34-32(33(35)25-26-39(40)45(44,3)4)18-12-19-36(34)43-47-41(29-14-6-5-7-15-29)46-42(48-43)31-22-21-28-13-8-9-16-30(28)27-31/h5-27H,1-4H3. The molecule has 48 heavy (non-hydrogen) atoms. The summed E-state index contributed by atoms with van der Waals surface area (Å²) in [4.78, 5) is 15.3. The van der Waals surface area contributed by atoms with Crippen molar-refractivity contribution in [2.24, 2.45) is 0 Å². The summed E-state index contributed by atoms with van der Waals surface area (Å²) in [6, 6.07) is 49.8. The third-order valence-electron chi connectivity index (χ3n) is 11.1. The van der Waals surface area contributed by atoms with Gasteiger partial charge >= 0.3 is 0 Å². The maximum atomic E-state index is 5.15. The van der Waals surface area contributed by atoms with Crippen LogP contribution in [0.15, 0.2) is 140 Å². The van der Waals surface area contributed by atoms with E-state index in [-0.39, 0.29) is 10.8 Å². The molecule has 0 aliphatic heterocycles. The van der Waals surface area contributed by atoms with Gasteiger partial charge < -0.3 is 0 Å². The third-order valence-corrected chi connectivity index (χ3v) is 11.1. The van der Waals surface area contributed by atoms with Gasteiger partial charge in [-0.05, 0) is 71.5 Å². The maximum Gasteiger partial charge on any atom is 0.164 e. The van der Waals surface area contributed by atoms with E-state index in [0.29, 0.717) is 17.5 Å². The fourth-order valence-corrected chi connectivity index (χ4v) is 7.77. The minimum absolute atomic E-state index is 0.00776. The second kappa shape index (κ2) is 10.4. The Balaban J connectivity index is 1.28. The van der Waals surface area contributed by atoms with Crippen LogP contribution in [0, 0.1) is 0 Å². The van der Waals surface area contributed by atoms with Crippen molar-refractivity contribution in [2.45, 2.75) is 38.5 Å². The highest BCUT2D eigenvalue weighted by Gasteiger charge is 2.46. The van der Waals surface area contributed by atoms with Gasteiger partial charge in [-0.2, -0.15) is 0 Å². The van der Waals surface area contributed by atoms with Crippen LogP contribution < -0.4 is 0 Å². The molecule has 0 amide bonds. The normalized spacial score (nSPS) is 14.6. The first-order valence-electron chi connectivity index (χ1n) is 16.7. The molecule has 1 heterocycles. The van der Waals surface area contributed by atoms with E-state index in [1.165, 1.54) is 43.8 Å². The first-order valence-corrected chi connectivity index (χ1v) is 16.7. The van der Waals surface area contributed by atoms with Crippen LogP contribution in [-0.2, 0) is 10.8 Å². The molecule has 0 unspecified atom stereocenters. The maximum absolute atomic E-state index is 5.15. The van der Waals surface area contributed by atoms with Crippen molar-refractivity contribution in [3.63, 3.8) is 0 Å². The lowest BCUT2D eigenvalue weighted by atomic mass is 9.55. The molecule has 0 N–H and O–H groups in total. The fraction of sp³-hybridized carbons (Fsp3) is 0.133. The van der Waals surface area contributed by atoms with Crippen LogP contribution in [0.2, 0.25) is 0 Å². The number of nitrogens with zero attached hydrogens (tertiary/aromatic N) is 3. The summed E-state index contributed by atoms with van der Waals surface area (Å²) in [5, 5.41) is 7.20. The molecule has 0 spiro atoms. The summed E-state index contributed by atoms with van der Waals surface area (Å²) in [6.45, 7) is 9.56. The molecule has 0 atom stereocenters. The van der Waals surface area contributed by atoms with Crippen LogP contribution in [-0.4, -0.2) is 15.0 Å². The molecule has 7 aromatic carbocycles. The van der Waals surface area contributed by atoms with Crippen molar-refractivity contribution in [2.75, 3.05) is 0 Å². The van der Waals surface area contributed by atoms with E-state index in [1.807, 2.05) is 18.2 Å². The van der Waals surface area contributed by atoms with Gasteiger partial charge in [0, 0.05) is 16.7 Å².